The number of fused-ring (bicyclic) bond motifs is 1. The maximum atomic E-state index is 12.7. The Morgan fingerprint density at radius 3 is 2.86 bits per heavy atom. The third-order valence-electron chi connectivity index (χ3n) is 5.90. The summed E-state index contributed by atoms with van der Waals surface area (Å²) in [4.78, 5) is 28.2. The molecule has 0 bridgehead atoms. The second-order valence-corrected chi connectivity index (χ2v) is 8.39. The van der Waals surface area contributed by atoms with E-state index in [4.69, 9.17) is 4.74 Å². The minimum absolute atomic E-state index is 0.141. The van der Waals surface area contributed by atoms with Crippen LogP contribution in [-0.2, 0) is 0 Å². The van der Waals surface area contributed by atoms with Crippen LogP contribution in [0.2, 0.25) is 0 Å². The first kappa shape index (κ1) is 22.8. The lowest BCUT2D eigenvalue weighted by atomic mass is 9.93. The Bertz CT molecular complexity index is 1330. The predicted molar refractivity (Wildman–Crippen MR) is 122 cm³/mol. The normalized spacial score (nSPS) is 18.2. The number of aliphatic hydroxyl groups excluding tert-OH is 1. The van der Waals surface area contributed by atoms with Gasteiger partial charge in [-0.2, -0.15) is 10.1 Å². The molecule has 0 aliphatic heterocycles. The number of anilines is 1. The first-order chi connectivity index (χ1) is 16.9. The quantitative estimate of drug-likeness (QED) is 0.366. The first-order valence-corrected chi connectivity index (χ1v) is 11.2. The zero-order valence-electron chi connectivity index (χ0n) is 18.6. The van der Waals surface area contributed by atoms with Crippen molar-refractivity contribution < 1.29 is 23.4 Å². The predicted octanol–water partition coefficient (Wildman–Crippen LogP) is 3.59. The number of halogens is 2. The van der Waals surface area contributed by atoms with E-state index in [1.54, 1.807) is 35.3 Å². The molecule has 1 saturated carbocycles. The number of hydrogen-bond donors (Lipinski definition) is 3. The van der Waals surface area contributed by atoms with Gasteiger partial charge in [-0.05, 0) is 37.8 Å². The molecule has 1 aliphatic rings. The van der Waals surface area contributed by atoms with Gasteiger partial charge in [0.25, 0.3) is 12.3 Å². The average Bonchev–Trinajstić information content (AvgIpc) is 3.51. The van der Waals surface area contributed by atoms with Gasteiger partial charge in [0.05, 0.1) is 40.8 Å². The number of aromatic amines is 1. The van der Waals surface area contributed by atoms with Gasteiger partial charge in [-0.15, -0.1) is 0 Å². The summed E-state index contributed by atoms with van der Waals surface area (Å²) in [5, 5.41) is 17.6. The van der Waals surface area contributed by atoms with Crippen molar-refractivity contribution in [3.8, 4) is 17.4 Å². The third-order valence-corrected chi connectivity index (χ3v) is 5.90. The number of alkyl halides is 2. The Morgan fingerprint density at radius 2 is 2.06 bits per heavy atom. The molecule has 1 amide bonds. The molecule has 3 N–H and O–H groups in total. The summed E-state index contributed by atoms with van der Waals surface area (Å²) < 4.78 is 31.4. The maximum Gasteiger partial charge on any atom is 0.317 e. The summed E-state index contributed by atoms with van der Waals surface area (Å²) >= 11 is 0. The lowest BCUT2D eigenvalue weighted by Gasteiger charge is -2.25. The molecule has 0 unspecified atom stereocenters. The van der Waals surface area contributed by atoms with Crippen LogP contribution in [0.4, 0.5) is 14.6 Å². The van der Waals surface area contributed by atoms with Gasteiger partial charge in [0.1, 0.15) is 5.82 Å². The van der Waals surface area contributed by atoms with E-state index in [9.17, 15) is 18.7 Å². The highest BCUT2D eigenvalue weighted by Gasteiger charge is 2.22. The van der Waals surface area contributed by atoms with Crippen LogP contribution >= 0.6 is 0 Å². The number of amides is 1. The fourth-order valence-corrected chi connectivity index (χ4v) is 4.10. The summed E-state index contributed by atoms with van der Waals surface area (Å²) in [5.41, 5.74) is 2.21. The molecular formula is C23H23F2N7O3. The second kappa shape index (κ2) is 9.74. The molecular weight excluding hydrogens is 460 g/mol. The Kier molecular flexibility index (Phi) is 6.36. The van der Waals surface area contributed by atoms with E-state index in [2.05, 4.69) is 30.4 Å². The summed E-state index contributed by atoms with van der Waals surface area (Å²) in [6.07, 6.45) is 6.50. The summed E-state index contributed by atoms with van der Waals surface area (Å²) in [6, 6.07) is 5.16. The summed E-state index contributed by atoms with van der Waals surface area (Å²) in [7, 11) is 0. The van der Waals surface area contributed by atoms with Crippen molar-refractivity contribution in [2.75, 3.05) is 11.9 Å². The lowest BCUT2D eigenvalue weighted by molar-refractivity contribution is 0.0770. The minimum atomic E-state index is -2.62. The molecule has 182 valence electrons. The third kappa shape index (κ3) is 5.27. The molecule has 1 aliphatic carbocycles. The van der Waals surface area contributed by atoms with Crippen LogP contribution in [0.5, 0.6) is 6.01 Å². The highest BCUT2D eigenvalue weighted by molar-refractivity contribution is 6.04. The number of ether oxygens (including phenoxy) is 1. The van der Waals surface area contributed by atoms with E-state index in [0.29, 0.717) is 28.3 Å². The number of rotatable bonds is 7. The second-order valence-electron chi connectivity index (χ2n) is 8.39. The van der Waals surface area contributed by atoms with Gasteiger partial charge in [0, 0.05) is 30.0 Å². The van der Waals surface area contributed by atoms with Crippen molar-refractivity contribution in [2.24, 2.45) is 0 Å². The van der Waals surface area contributed by atoms with Crippen molar-refractivity contribution in [1.29, 1.82) is 0 Å². The maximum absolute atomic E-state index is 12.7. The molecule has 1 fully saturated rings. The van der Waals surface area contributed by atoms with Gasteiger partial charge < -0.3 is 20.1 Å². The molecule has 4 aromatic heterocycles. The number of carbonyl (C=O) groups is 1. The van der Waals surface area contributed by atoms with E-state index in [1.807, 2.05) is 0 Å². The highest BCUT2D eigenvalue weighted by atomic mass is 19.3. The Labute approximate surface area is 198 Å². The van der Waals surface area contributed by atoms with Gasteiger partial charge in [-0.3, -0.25) is 9.48 Å². The molecule has 10 nitrogen and oxygen atoms in total. The van der Waals surface area contributed by atoms with E-state index in [-0.39, 0.29) is 24.1 Å². The molecule has 35 heavy (non-hydrogen) atoms. The number of pyridine rings is 1. The van der Waals surface area contributed by atoms with Crippen molar-refractivity contribution in [3.63, 3.8) is 0 Å². The molecule has 0 spiro atoms. The first-order valence-electron chi connectivity index (χ1n) is 11.2. The summed E-state index contributed by atoms with van der Waals surface area (Å²) in [6.45, 7) is -0.786. The molecule has 12 heteroatoms. The van der Waals surface area contributed by atoms with E-state index in [0.717, 1.165) is 31.1 Å². The molecule has 0 aromatic carbocycles. The average molecular weight is 483 g/mol. The Morgan fingerprint density at radius 1 is 1.23 bits per heavy atom. The number of carbonyl (C=O) groups excluding carboxylic acids is 1. The number of aliphatic hydroxyl groups is 1. The van der Waals surface area contributed by atoms with E-state index in [1.165, 1.54) is 12.4 Å². The van der Waals surface area contributed by atoms with Gasteiger partial charge in [-0.1, -0.05) is 0 Å². The standard InChI is InChI=1S/C23H23F2N7O3/c24-20(25)12-35-23-26-6-5-17(30-23)19-7-13-9-27-21(8-18(13)29-19)31-22(34)14-10-28-32(11-14)15-1-3-16(33)4-2-15/h5-11,15-16,20,29,33H,1-4,12H2,(H,27,31,34)/t15-,16+. The van der Waals surface area contributed by atoms with Crippen LogP contribution in [0.15, 0.2) is 43.0 Å². The Hall–Kier alpha value is -3.93. The SMILES string of the molecule is O=C(Nc1cc2[nH]c(-c3ccnc(OCC(F)F)n3)cc2cn1)c1cnn([C@H]2CC[C@@H](O)CC2)c1. The van der Waals surface area contributed by atoms with Crippen molar-refractivity contribution >= 4 is 22.6 Å². The van der Waals surface area contributed by atoms with Crippen LogP contribution in [0.3, 0.4) is 0 Å². The monoisotopic (exact) mass is 483 g/mol. The van der Waals surface area contributed by atoms with Crippen LogP contribution in [0.1, 0.15) is 42.1 Å². The molecule has 5 rings (SSSR count). The number of nitrogens with one attached hydrogen (secondary N) is 2. The number of hydrogen-bond acceptors (Lipinski definition) is 7. The van der Waals surface area contributed by atoms with Crippen LogP contribution in [0, 0.1) is 0 Å². The van der Waals surface area contributed by atoms with E-state index < -0.39 is 13.0 Å². The molecule has 0 radical (unpaired) electrons. The Balaban J connectivity index is 1.28. The zero-order chi connectivity index (χ0) is 24.4. The molecule has 4 heterocycles. The molecule has 0 saturated heterocycles. The molecule has 4 aromatic rings. The van der Waals surface area contributed by atoms with Crippen LogP contribution < -0.4 is 10.1 Å². The fraction of sp³-hybridized carbons (Fsp3) is 0.348. The van der Waals surface area contributed by atoms with Crippen LogP contribution in [-0.4, -0.2) is 59.9 Å². The van der Waals surface area contributed by atoms with Gasteiger partial charge in [-0.25, -0.2) is 18.7 Å². The van der Waals surface area contributed by atoms with Gasteiger partial charge in [0.15, 0.2) is 6.61 Å². The summed E-state index contributed by atoms with van der Waals surface area (Å²) in [5.74, 6) is 0.0235. The number of aromatic nitrogens is 6. The minimum Gasteiger partial charge on any atom is -0.457 e. The lowest BCUT2D eigenvalue weighted by Crippen LogP contribution is -2.21. The van der Waals surface area contributed by atoms with Crippen LogP contribution in [0.25, 0.3) is 22.3 Å². The molecule has 0 atom stereocenters. The fourth-order valence-electron chi connectivity index (χ4n) is 4.10. The largest absolute Gasteiger partial charge is 0.457 e. The van der Waals surface area contributed by atoms with Crippen molar-refractivity contribution in [2.45, 2.75) is 44.3 Å². The number of nitrogens with zero attached hydrogens (tertiary/aromatic N) is 5. The zero-order valence-corrected chi connectivity index (χ0v) is 18.6. The highest BCUT2D eigenvalue weighted by Crippen LogP contribution is 2.28. The van der Waals surface area contributed by atoms with Gasteiger partial charge in [0.2, 0.25) is 0 Å². The van der Waals surface area contributed by atoms with Crippen molar-refractivity contribution in [1.82, 2.24) is 29.7 Å². The van der Waals surface area contributed by atoms with Crippen molar-refractivity contribution in [3.05, 3.63) is 48.5 Å². The van der Waals surface area contributed by atoms with E-state index >= 15 is 0 Å². The topological polar surface area (TPSA) is 131 Å². The van der Waals surface area contributed by atoms with Gasteiger partial charge >= 0.3 is 6.01 Å². The smallest absolute Gasteiger partial charge is 0.317 e. The number of H-pyrrole nitrogens is 1.